The van der Waals surface area contributed by atoms with Crippen molar-refractivity contribution in [2.45, 2.75) is 39.2 Å². The summed E-state index contributed by atoms with van der Waals surface area (Å²) in [6.45, 7) is 4.04. The van der Waals surface area contributed by atoms with E-state index < -0.39 is 0 Å². The number of carbonyl (C=O) groups excluding carboxylic acids is 1. The first-order chi connectivity index (χ1) is 10.2. The second-order valence-corrected chi connectivity index (χ2v) is 5.80. The summed E-state index contributed by atoms with van der Waals surface area (Å²) in [7, 11) is 0. The van der Waals surface area contributed by atoms with Gasteiger partial charge in [0.2, 0.25) is 0 Å². The van der Waals surface area contributed by atoms with Crippen LogP contribution < -0.4 is 0 Å². The van der Waals surface area contributed by atoms with Gasteiger partial charge in [-0.2, -0.15) is 0 Å². The third-order valence-corrected chi connectivity index (χ3v) is 4.34. The Bertz CT molecular complexity index is 558. The zero-order chi connectivity index (χ0) is 15.2. The Morgan fingerprint density at radius 2 is 2.05 bits per heavy atom. The number of allylic oxidation sites excluding steroid dienone is 1. The van der Waals surface area contributed by atoms with Crippen LogP contribution in [0.1, 0.15) is 44.8 Å². The van der Waals surface area contributed by atoms with Gasteiger partial charge >= 0.3 is 5.97 Å². The van der Waals surface area contributed by atoms with Gasteiger partial charge in [-0.3, -0.25) is 0 Å². The van der Waals surface area contributed by atoms with Gasteiger partial charge < -0.3 is 4.74 Å². The third kappa shape index (κ3) is 3.65. The number of hydrogen-bond acceptors (Lipinski definition) is 2. The van der Waals surface area contributed by atoms with E-state index >= 15 is 0 Å². The van der Waals surface area contributed by atoms with Gasteiger partial charge in [-0.25, -0.2) is 4.79 Å². The molecule has 1 aliphatic rings. The van der Waals surface area contributed by atoms with Crippen molar-refractivity contribution >= 4 is 21.9 Å². The van der Waals surface area contributed by atoms with Crippen molar-refractivity contribution in [3.63, 3.8) is 0 Å². The molecule has 0 amide bonds. The lowest BCUT2D eigenvalue weighted by Crippen LogP contribution is -2.05. The molecule has 0 fully saturated rings. The highest BCUT2D eigenvalue weighted by Gasteiger charge is 2.33. The molecule has 1 aliphatic heterocycles. The maximum atomic E-state index is 12.0. The van der Waals surface area contributed by atoms with E-state index in [0.717, 1.165) is 34.9 Å². The van der Waals surface area contributed by atoms with Crippen LogP contribution in [0.5, 0.6) is 0 Å². The van der Waals surface area contributed by atoms with Crippen LogP contribution in [0.2, 0.25) is 0 Å². The SMILES string of the molecule is CCCC/C=C(\CBr)C1=C(C)C(=O)O[C@@H]1c1ccccc1. The molecule has 0 aliphatic carbocycles. The number of rotatable bonds is 6. The molecule has 1 atom stereocenters. The number of esters is 1. The standard InChI is InChI=1S/C18H21BrO2/c1-3-4-6-11-15(12-19)16-13(2)18(20)21-17(16)14-9-7-5-8-10-14/h5,7-11,17H,3-4,6,12H2,1-2H3/b15-11+/t17-/m1/s1. The Balaban J connectivity index is 2.36. The summed E-state index contributed by atoms with van der Waals surface area (Å²) in [5.41, 5.74) is 3.95. The number of hydrogen-bond donors (Lipinski definition) is 0. The lowest BCUT2D eigenvalue weighted by molar-refractivity contribution is -0.139. The third-order valence-electron chi connectivity index (χ3n) is 3.74. The number of carbonyl (C=O) groups is 1. The van der Waals surface area contributed by atoms with Gasteiger partial charge in [-0.05, 0) is 24.5 Å². The first-order valence-electron chi connectivity index (χ1n) is 7.41. The molecule has 0 unspecified atom stereocenters. The average molecular weight is 349 g/mol. The van der Waals surface area contributed by atoms with Crippen molar-refractivity contribution in [3.8, 4) is 0 Å². The van der Waals surface area contributed by atoms with Crippen molar-refractivity contribution in [2.75, 3.05) is 5.33 Å². The number of unbranched alkanes of at least 4 members (excludes halogenated alkanes) is 2. The predicted molar refractivity (Wildman–Crippen MR) is 89.4 cm³/mol. The van der Waals surface area contributed by atoms with Crippen LogP contribution in [0.4, 0.5) is 0 Å². The number of cyclic esters (lactones) is 1. The zero-order valence-electron chi connectivity index (χ0n) is 12.6. The molecule has 1 aromatic carbocycles. The second-order valence-electron chi connectivity index (χ2n) is 5.24. The van der Waals surface area contributed by atoms with Crippen molar-refractivity contribution in [2.24, 2.45) is 0 Å². The number of alkyl halides is 1. The first-order valence-corrected chi connectivity index (χ1v) is 8.53. The first kappa shape index (κ1) is 16.0. The van der Waals surface area contributed by atoms with E-state index in [0.29, 0.717) is 0 Å². The highest BCUT2D eigenvalue weighted by atomic mass is 79.9. The summed E-state index contributed by atoms with van der Waals surface area (Å²) in [4.78, 5) is 12.0. The molecular weight excluding hydrogens is 328 g/mol. The smallest absolute Gasteiger partial charge is 0.335 e. The van der Waals surface area contributed by atoms with Crippen LogP contribution in [0.15, 0.2) is 53.1 Å². The summed E-state index contributed by atoms with van der Waals surface area (Å²) >= 11 is 3.56. The molecule has 112 valence electrons. The largest absolute Gasteiger partial charge is 0.449 e. The van der Waals surface area contributed by atoms with Crippen LogP contribution in [-0.4, -0.2) is 11.3 Å². The van der Waals surface area contributed by atoms with Crippen LogP contribution >= 0.6 is 15.9 Å². The Morgan fingerprint density at radius 1 is 1.33 bits per heavy atom. The van der Waals surface area contributed by atoms with Crippen LogP contribution in [0.25, 0.3) is 0 Å². The molecule has 1 aromatic rings. The predicted octanol–water partition coefficient (Wildman–Crippen LogP) is 5.11. The maximum Gasteiger partial charge on any atom is 0.335 e. The molecule has 0 spiro atoms. The van der Waals surface area contributed by atoms with E-state index in [9.17, 15) is 4.79 Å². The van der Waals surface area contributed by atoms with E-state index in [4.69, 9.17) is 4.74 Å². The lowest BCUT2D eigenvalue weighted by atomic mass is 9.93. The molecule has 0 bridgehead atoms. The van der Waals surface area contributed by atoms with Crippen LogP contribution in [0, 0.1) is 0 Å². The Kier molecular flexibility index (Phi) is 5.80. The molecule has 0 N–H and O–H groups in total. The normalized spacial score (nSPS) is 19.1. The van der Waals surface area contributed by atoms with Gasteiger partial charge in [0.05, 0.1) is 0 Å². The molecule has 0 radical (unpaired) electrons. The van der Waals surface area contributed by atoms with E-state index in [1.165, 1.54) is 12.0 Å². The number of ether oxygens (including phenoxy) is 1. The van der Waals surface area contributed by atoms with Gasteiger partial charge in [0.25, 0.3) is 0 Å². The average Bonchev–Trinajstić information content (AvgIpc) is 2.81. The van der Waals surface area contributed by atoms with Crippen LogP contribution in [-0.2, 0) is 9.53 Å². The molecule has 21 heavy (non-hydrogen) atoms. The number of halogens is 1. The van der Waals surface area contributed by atoms with Gasteiger partial charge in [0, 0.05) is 16.5 Å². The quantitative estimate of drug-likeness (QED) is 0.405. The zero-order valence-corrected chi connectivity index (χ0v) is 14.2. The van der Waals surface area contributed by atoms with Crippen molar-refractivity contribution in [1.82, 2.24) is 0 Å². The topological polar surface area (TPSA) is 26.3 Å². The summed E-state index contributed by atoms with van der Waals surface area (Å²) in [6, 6.07) is 9.94. The number of benzene rings is 1. The minimum absolute atomic E-state index is 0.207. The van der Waals surface area contributed by atoms with Crippen molar-refractivity contribution in [1.29, 1.82) is 0 Å². The molecule has 1 heterocycles. The highest BCUT2D eigenvalue weighted by molar-refractivity contribution is 9.09. The van der Waals surface area contributed by atoms with Gasteiger partial charge in [0.1, 0.15) is 0 Å². The molecule has 0 saturated heterocycles. The van der Waals surface area contributed by atoms with Gasteiger partial charge in [-0.1, -0.05) is 72.1 Å². The van der Waals surface area contributed by atoms with Crippen LogP contribution in [0.3, 0.4) is 0 Å². The Morgan fingerprint density at radius 3 is 2.67 bits per heavy atom. The Hall–Kier alpha value is -1.35. The fourth-order valence-corrected chi connectivity index (χ4v) is 3.08. The van der Waals surface area contributed by atoms with Crippen molar-refractivity contribution < 1.29 is 9.53 Å². The summed E-state index contributed by atoms with van der Waals surface area (Å²) in [5.74, 6) is -0.207. The summed E-state index contributed by atoms with van der Waals surface area (Å²) in [5, 5.41) is 0.739. The van der Waals surface area contributed by atoms with Gasteiger partial charge in [-0.15, -0.1) is 0 Å². The minimum atomic E-state index is -0.274. The fourth-order valence-electron chi connectivity index (χ4n) is 2.55. The molecule has 0 saturated carbocycles. The second kappa shape index (κ2) is 7.60. The summed E-state index contributed by atoms with van der Waals surface area (Å²) < 4.78 is 5.59. The molecular formula is C18H21BrO2. The van der Waals surface area contributed by atoms with E-state index in [1.54, 1.807) is 0 Å². The van der Waals surface area contributed by atoms with Gasteiger partial charge in [0.15, 0.2) is 6.10 Å². The van der Waals surface area contributed by atoms with Crippen molar-refractivity contribution in [3.05, 3.63) is 58.7 Å². The molecule has 3 heteroatoms. The van der Waals surface area contributed by atoms with E-state index in [2.05, 4.69) is 28.9 Å². The highest BCUT2D eigenvalue weighted by Crippen LogP contribution is 2.39. The molecule has 2 rings (SSSR count). The maximum absolute atomic E-state index is 12.0. The molecule has 2 nitrogen and oxygen atoms in total. The van der Waals surface area contributed by atoms with E-state index in [1.807, 2.05) is 37.3 Å². The fraction of sp³-hybridized carbons (Fsp3) is 0.389. The lowest BCUT2D eigenvalue weighted by Gasteiger charge is -2.16. The summed E-state index contributed by atoms with van der Waals surface area (Å²) in [6.07, 6.45) is 5.32. The van der Waals surface area contributed by atoms with E-state index in [-0.39, 0.29) is 12.1 Å². The monoisotopic (exact) mass is 348 g/mol. The minimum Gasteiger partial charge on any atom is -0.449 e. The molecule has 0 aromatic heterocycles. The Labute approximate surface area is 135 Å².